The number of aryl methyl sites for hydroxylation is 3. The van der Waals surface area contributed by atoms with Gasteiger partial charge in [0.25, 0.3) is 5.91 Å². The van der Waals surface area contributed by atoms with E-state index in [1.165, 1.54) is 33.4 Å². The van der Waals surface area contributed by atoms with Gasteiger partial charge in [0.15, 0.2) is 11.5 Å². The largest absolute Gasteiger partial charge is 0.490 e. The van der Waals surface area contributed by atoms with Crippen LogP contribution in [0.1, 0.15) is 47.6 Å². The molecule has 2 aromatic carbocycles. The first-order valence-electron chi connectivity index (χ1n) is 11.1. The zero-order chi connectivity index (χ0) is 24.8. The molecule has 180 valence electrons. The summed E-state index contributed by atoms with van der Waals surface area (Å²) in [5, 5.41) is 8.82. The minimum Gasteiger partial charge on any atom is -0.490 e. The molecule has 1 amide bonds. The van der Waals surface area contributed by atoms with Gasteiger partial charge in [-0.15, -0.1) is 0 Å². The van der Waals surface area contributed by atoms with Crippen LogP contribution < -0.4 is 9.47 Å². The van der Waals surface area contributed by atoms with Crippen LogP contribution in [0.2, 0.25) is 0 Å². The van der Waals surface area contributed by atoms with Crippen LogP contribution in [0.3, 0.4) is 0 Å². The van der Waals surface area contributed by atoms with Crippen molar-refractivity contribution in [1.29, 1.82) is 0 Å². The Morgan fingerprint density at radius 2 is 1.82 bits per heavy atom. The number of ether oxygens (including phenoxy) is 2. The Morgan fingerprint density at radius 3 is 2.53 bits per heavy atom. The number of amides is 1. The summed E-state index contributed by atoms with van der Waals surface area (Å²) in [6.45, 7) is 9.39. The lowest BCUT2D eigenvalue weighted by Crippen LogP contribution is -2.29. The number of hydrogen-bond donors (Lipinski definition) is 1. The van der Waals surface area contributed by atoms with Crippen molar-refractivity contribution in [3.63, 3.8) is 0 Å². The summed E-state index contributed by atoms with van der Waals surface area (Å²) in [6.07, 6.45) is 2.13. The van der Waals surface area contributed by atoms with Gasteiger partial charge >= 0.3 is 5.97 Å². The highest BCUT2D eigenvalue weighted by molar-refractivity contribution is 8.26. The lowest BCUT2D eigenvalue weighted by atomic mass is 10.0. The van der Waals surface area contributed by atoms with Crippen LogP contribution in [0.15, 0.2) is 35.2 Å². The van der Waals surface area contributed by atoms with Gasteiger partial charge in [-0.05, 0) is 80.1 Å². The van der Waals surface area contributed by atoms with E-state index in [2.05, 4.69) is 32.9 Å². The molecule has 1 fully saturated rings. The Bertz CT molecular complexity index is 1140. The average Bonchev–Trinajstić information content (AvgIpc) is 3.03. The van der Waals surface area contributed by atoms with Crippen molar-refractivity contribution >= 4 is 46.3 Å². The van der Waals surface area contributed by atoms with Crippen LogP contribution in [0, 0.1) is 20.8 Å². The predicted octanol–water partition coefficient (Wildman–Crippen LogP) is 5.66. The third-order valence-electron chi connectivity index (χ3n) is 5.55. The molecule has 0 atom stereocenters. The van der Waals surface area contributed by atoms with E-state index in [1.54, 1.807) is 6.08 Å². The van der Waals surface area contributed by atoms with Gasteiger partial charge in [0.2, 0.25) is 0 Å². The highest BCUT2D eigenvalue weighted by atomic mass is 32.2. The average molecular weight is 500 g/mol. The number of nitrogens with zero attached hydrogens (tertiary/aromatic N) is 1. The molecule has 0 radical (unpaired) electrons. The van der Waals surface area contributed by atoms with Crippen molar-refractivity contribution in [3.8, 4) is 11.5 Å². The molecule has 34 heavy (non-hydrogen) atoms. The van der Waals surface area contributed by atoms with Crippen molar-refractivity contribution in [1.82, 2.24) is 4.90 Å². The predicted molar refractivity (Wildman–Crippen MR) is 139 cm³/mol. The topological polar surface area (TPSA) is 76.1 Å². The summed E-state index contributed by atoms with van der Waals surface area (Å²) in [4.78, 5) is 25.5. The van der Waals surface area contributed by atoms with Crippen LogP contribution in [0.4, 0.5) is 0 Å². The normalized spacial score (nSPS) is 14.7. The summed E-state index contributed by atoms with van der Waals surface area (Å²) >= 11 is 6.54. The van der Waals surface area contributed by atoms with E-state index >= 15 is 0 Å². The smallest absolute Gasteiger partial charge is 0.303 e. The van der Waals surface area contributed by atoms with Gasteiger partial charge in [0.1, 0.15) is 10.9 Å². The van der Waals surface area contributed by atoms with Gasteiger partial charge < -0.3 is 14.6 Å². The fourth-order valence-corrected chi connectivity index (χ4v) is 4.87. The molecule has 0 saturated carbocycles. The van der Waals surface area contributed by atoms with Crippen LogP contribution in [-0.4, -0.2) is 39.4 Å². The molecular formula is C26H29NO5S2. The second kappa shape index (κ2) is 11.5. The quantitative estimate of drug-likeness (QED) is 0.334. The summed E-state index contributed by atoms with van der Waals surface area (Å²) in [6, 6.07) is 9.89. The number of aliphatic carboxylic acids is 1. The van der Waals surface area contributed by atoms with E-state index in [1.807, 2.05) is 25.1 Å². The molecule has 1 N–H and O–H groups in total. The molecule has 1 saturated heterocycles. The number of carboxylic acid groups (broad SMARTS) is 1. The van der Waals surface area contributed by atoms with Gasteiger partial charge in [-0.25, -0.2) is 0 Å². The summed E-state index contributed by atoms with van der Waals surface area (Å²) in [7, 11) is 0. The van der Waals surface area contributed by atoms with Crippen LogP contribution in [0.25, 0.3) is 6.08 Å². The number of thioether (sulfide) groups is 1. The second-order valence-electron chi connectivity index (χ2n) is 8.12. The number of carboxylic acids is 1. The van der Waals surface area contributed by atoms with Gasteiger partial charge in [-0.3, -0.25) is 14.5 Å². The third-order valence-corrected chi connectivity index (χ3v) is 6.92. The van der Waals surface area contributed by atoms with E-state index in [0.717, 1.165) is 11.1 Å². The summed E-state index contributed by atoms with van der Waals surface area (Å²) < 4.78 is 12.4. The SMILES string of the molecule is CCOc1cc(/C=C2/SC(=S)N(CCCC(=O)O)C2=O)ccc1OCc1cc(C)c(C)cc1C. The first-order chi connectivity index (χ1) is 16.2. The van der Waals surface area contributed by atoms with Crippen LogP contribution in [-0.2, 0) is 16.2 Å². The van der Waals surface area contributed by atoms with Crippen molar-refractivity contribution in [3.05, 3.63) is 63.1 Å². The monoisotopic (exact) mass is 499 g/mol. The first kappa shape index (κ1) is 25.8. The Hall–Kier alpha value is -2.84. The van der Waals surface area contributed by atoms with E-state index in [-0.39, 0.29) is 12.3 Å². The highest BCUT2D eigenvalue weighted by Crippen LogP contribution is 2.35. The zero-order valence-electron chi connectivity index (χ0n) is 19.8. The minimum atomic E-state index is -0.889. The molecule has 3 rings (SSSR count). The number of carbonyl (C=O) groups is 2. The molecule has 0 spiro atoms. The minimum absolute atomic E-state index is 0.00301. The lowest BCUT2D eigenvalue weighted by Gasteiger charge is -2.15. The number of thiocarbonyl (C=S) groups is 1. The van der Waals surface area contributed by atoms with Gasteiger partial charge in [-0.1, -0.05) is 42.2 Å². The fraction of sp³-hybridized carbons (Fsp3) is 0.346. The van der Waals surface area contributed by atoms with Crippen molar-refractivity contribution in [2.75, 3.05) is 13.2 Å². The Labute approximate surface area is 209 Å². The number of carbonyl (C=O) groups excluding carboxylic acids is 1. The maximum atomic E-state index is 12.8. The van der Waals surface area contributed by atoms with Gasteiger partial charge in [-0.2, -0.15) is 0 Å². The van der Waals surface area contributed by atoms with Gasteiger partial charge in [0, 0.05) is 13.0 Å². The van der Waals surface area contributed by atoms with E-state index in [4.69, 9.17) is 26.8 Å². The van der Waals surface area contributed by atoms with Crippen LogP contribution in [0.5, 0.6) is 11.5 Å². The van der Waals surface area contributed by atoms with Gasteiger partial charge in [0.05, 0.1) is 11.5 Å². The van der Waals surface area contributed by atoms with Crippen molar-refractivity contribution in [2.24, 2.45) is 0 Å². The molecule has 1 aliphatic heterocycles. The number of hydrogen-bond acceptors (Lipinski definition) is 6. The van der Waals surface area contributed by atoms with E-state index < -0.39 is 5.97 Å². The summed E-state index contributed by atoms with van der Waals surface area (Å²) in [5.41, 5.74) is 5.59. The zero-order valence-corrected chi connectivity index (χ0v) is 21.5. The molecular weight excluding hydrogens is 470 g/mol. The van der Waals surface area contributed by atoms with E-state index in [0.29, 0.717) is 46.9 Å². The highest BCUT2D eigenvalue weighted by Gasteiger charge is 2.31. The molecule has 0 aliphatic carbocycles. The fourth-order valence-electron chi connectivity index (χ4n) is 3.57. The molecule has 1 heterocycles. The molecule has 2 aromatic rings. The molecule has 1 aliphatic rings. The number of rotatable bonds is 10. The molecule has 0 bridgehead atoms. The van der Waals surface area contributed by atoms with Crippen molar-refractivity contribution < 1.29 is 24.2 Å². The molecule has 0 aromatic heterocycles. The molecule has 0 unspecified atom stereocenters. The number of benzene rings is 2. The van der Waals surface area contributed by atoms with Crippen molar-refractivity contribution in [2.45, 2.75) is 47.1 Å². The molecule has 6 nitrogen and oxygen atoms in total. The lowest BCUT2D eigenvalue weighted by molar-refractivity contribution is -0.137. The van der Waals surface area contributed by atoms with Crippen LogP contribution >= 0.6 is 24.0 Å². The maximum Gasteiger partial charge on any atom is 0.303 e. The first-order valence-corrected chi connectivity index (χ1v) is 12.4. The second-order valence-corrected chi connectivity index (χ2v) is 9.80. The Balaban J connectivity index is 1.75. The standard InChI is InChI=1S/C26H29NO5S2/c1-5-31-22-13-19(14-23-25(30)27(26(33)34-23)10-6-7-24(28)29)8-9-21(22)32-15-20-12-17(3)16(2)11-18(20)4/h8-9,11-14H,5-7,10,15H2,1-4H3,(H,28,29)/b23-14+. The summed E-state index contributed by atoms with van der Waals surface area (Å²) in [5.74, 6) is 0.149. The molecule has 8 heteroatoms. The third kappa shape index (κ3) is 6.39. The Morgan fingerprint density at radius 1 is 1.09 bits per heavy atom. The Kier molecular flexibility index (Phi) is 8.74. The maximum absolute atomic E-state index is 12.8. The van der Waals surface area contributed by atoms with E-state index in [9.17, 15) is 9.59 Å².